The van der Waals surface area contributed by atoms with Crippen LogP contribution in [0.15, 0.2) is 59.8 Å². The fraction of sp³-hybridized carbons (Fsp3) is 0.111. The van der Waals surface area contributed by atoms with Crippen molar-refractivity contribution in [2.45, 2.75) is 16.9 Å². The highest BCUT2D eigenvalue weighted by Crippen LogP contribution is 2.35. The van der Waals surface area contributed by atoms with Gasteiger partial charge in [0.2, 0.25) is 0 Å². The van der Waals surface area contributed by atoms with Gasteiger partial charge in [0.25, 0.3) is 5.91 Å². The molecule has 0 fully saturated rings. The third kappa shape index (κ3) is 4.66. The van der Waals surface area contributed by atoms with Crippen molar-refractivity contribution in [2.75, 3.05) is 5.32 Å². The molecule has 1 N–H and O–H groups in total. The second kappa shape index (κ2) is 8.24. The Bertz CT molecular complexity index is 992. The molecule has 1 heterocycles. The molecule has 0 saturated carbocycles. The molecule has 4 nitrogen and oxygen atoms in total. The van der Waals surface area contributed by atoms with Crippen molar-refractivity contribution in [1.29, 1.82) is 0 Å². The summed E-state index contributed by atoms with van der Waals surface area (Å²) >= 11 is 7.02. The lowest BCUT2D eigenvalue weighted by Crippen LogP contribution is -2.20. The van der Waals surface area contributed by atoms with E-state index < -0.39 is 34.1 Å². The van der Waals surface area contributed by atoms with Crippen LogP contribution in [-0.2, 0) is 12.1 Å². The number of halogens is 5. The van der Waals surface area contributed by atoms with E-state index in [0.29, 0.717) is 11.9 Å². The Labute approximate surface area is 166 Å². The number of thioether (sulfide) groups is 1. The number of alkyl halides is 3. The number of hydrogen-bond donors (Lipinski definition) is 1. The van der Waals surface area contributed by atoms with E-state index in [2.05, 4.69) is 10.4 Å². The molecule has 1 amide bonds. The van der Waals surface area contributed by atoms with E-state index in [-0.39, 0.29) is 5.69 Å². The van der Waals surface area contributed by atoms with Crippen LogP contribution in [0.1, 0.15) is 15.9 Å². The van der Waals surface area contributed by atoms with Crippen molar-refractivity contribution in [2.24, 2.45) is 0 Å². The fourth-order valence-electron chi connectivity index (χ4n) is 2.36. The zero-order valence-electron chi connectivity index (χ0n) is 14.0. The monoisotopic (exact) mass is 429 g/mol. The number of carbonyl (C=O) groups excluding carboxylic acids is 1. The number of hydrogen-bond acceptors (Lipinski definition) is 3. The average molecular weight is 430 g/mol. The molecule has 0 aliphatic heterocycles. The van der Waals surface area contributed by atoms with Gasteiger partial charge in [-0.15, -0.1) is 11.8 Å². The second-order valence-corrected chi connectivity index (χ2v) is 7.02. The molecule has 146 valence electrons. The Morgan fingerprint density at radius 2 is 1.89 bits per heavy atom. The summed E-state index contributed by atoms with van der Waals surface area (Å²) in [5, 5.41) is 5.68. The number of nitrogens with zero attached hydrogens (tertiary/aromatic N) is 2. The summed E-state index contributed by atoms with van der Waals surface area (Å²) in [5.74, 6) is -2.28. The largest absolute Gasteiger partial charge is 0.417 e. The lowest BCUT2D eigenvalue weighted by molar-refractivity contribution is -0.138. The van der Waals surface area contributed by atoms with Gasteiger partial charge in [0.05, 0.1) is 33.9 Å². The highest BCUT2D eigenvalue weighted by Gasteiger charge is 2.37. The minimum Gasteiger partial charge on any atom is -0.319 e. The summed E-state index contributed by atoms with van der Waals surface area (Å²) in [5.41, 5.74) is -2.43. The number of amides is 1. The lowest BCUT2D eigenvalue weighted by atomic mass is 10.1. The molecule has 3 rings (SSSR count). The number of benzene rings is 2. The van der Waals surface area contributed by atoms with Gasteiger partial charge in [-0.2, -0.15) is 18.3 Å². The molecule has 28 heavy (non-hydrogen) atoms. The van der Waals surface area contributed by atoms with Crippen molar-refractivity contribution in [3.8, 4) is 0 Å². The number of nitrogens with one attached hydrogen (secondary N) is 1. The summed E-state index contributed by atoms with van der Waals surface area (Å²) in [6.45, 7) is 0. The Balaban J connectivity index is 1.76. The molecule has 0 aliphatic rings. The maximum Gasteiger partial charge on any atom is 0.417 e. The summed E-state index contributed by atoms with van der Waals surface area (Å²) in [4.78, 5) is 13.3. The van der Waals surface area contributed by atoms with Gasteiger partial charge >= 0.3 is 6.18 Å². The van der Waals surface area contributed by atoms with Crippen molar-refractivity contribution < 1.29 is 22.4 Å². The van der Waals surface area contributed by atoms with Crippen LogP contribution in [0.4, 0.5) is 23.2 Å². The van der Waals surface area contributed by atoms with Crippen molar-refractivity contribution in [1.82, 2.24) is 9.78 Å². The SMILES string of the molecule is O=C(Nc1cnn(CSc2ccccc2)c1)c1c(C(F)(F)F)ccc(Cl)c1F. The first kappa shape index (κ1) is 20.2. The molecule has 3 aromatic rings. The van der Waals surface area contributed by atoms with Gasteiger partial charge < -0.3 is 5.32 Å². The maximum absolute atomic E-state index is 14.1. The topological polar surface area (TPSA) is 46.9 Å². The smallest absolute Gasteiger partial charge is 0.319 e. The number of carbonyl (C=O) groups is 1. The van der Waals surface area contributed by atoms with Crippen molar-refractivity contribution in [3.05, 3.63) is 76.8 Å². The normalized spacial score (nSPS) is 11.5. The lowest BCUT2D eigenvalue weighted by Gasteiger charge is -2.13. The second-order valence-electron chi connectivity index (χ2n) is 5.59. The molecule has 0 aliphatic carbocycles. The standard InChI is InChI=1S/C18H12ClF4N3OS/c19-14-7-6-13(18(21,22)23)15(16(14)20)17(27)25-11-8-24-26(9-11)10-28-12-4-2-1-3-5-12/h1-9H,10H2,(H,25,27). The summed E-state index contributed by atoms with van der Waals surface area (Å²) in [6.07, 6.45) is -2.21. The molecule has 0 unspecified atom stereocenters. The van der Waals surface area contributed by atoms with Crippen LogP contribution in [0.3, 0.4) is 0 Å². The van der Waals surface area contributed by atoms with Gasteiger partial charge in [-0.25, -0.2) is 4.39 Å². The van der Waals surface area contributed by atoms with E-state index >= 15 is 0 Å². The first-order valence-electron chi connectivity index (χ1n) is 7.82. The van der Waals surface area contributed by atoms with Crippen molar-refractivity contribution >= 4 is 35.0 Å². The summed E-state index contributed by atoms with van der Waals surface area (Å²) < 4.78 is 55.0. The van der Waals surface area contributed by atoms with E-state index in [1.807, 2.05) is 30.3 Å². The molecule has 10 heteroatoms. The summed E-state index contributed by atoms with van der Waals surface area (Å²) in [7, 11) is 0. The van der Waals surface area contributed by atoms with E-state index in [0.717, 1.165) is 11.0 Å². The number of anilines is 1. The van der Waals surface area contributed by atoms with E-state index in [4.69, 9.17) is 11.6 Å². The van der Waals surface area contributed by atoms with Crippen LogP contribution in [0.25, 0.3) is 0 Å². The van der Waals surface area contributed by atoms with Crippen LogP contribution in [0, 0.1) is 5.82 Å². The van der Waals surface area contributed by atoms with E-state index in [1.54, 1.807) is 0 Å². The molecule has 0 saturated heterocycles. The van der Waals surface area contributed by atoms with Crippen LogP contribution in [-0.4, -0.2) is 15.7 Å². The molecule has 0 bridgehead atoms. The fourth-order valence-corrected chi connectivity index (χ4v) is 3.29. The molecular weight excluding hydrogens is 418 g/mol. The average Bonchev–Trinajstić information content (AvgIpc) is 3.09. The molecule has 0 radical (unpaired) electrons. The minimum absolute atomic E-state index is 0.131. The Kier molecular flexibility index (Phi) is 5.95. The maximum atomic E-state index is 14.1. The zero-order valence-corrected chi connectivity index (χ0v) is 15.6. The Morgan fingerprint density at radius 1 is 1.18 bits per heavy atom. The van der Waals surface area contributed by atoms with Gasteiger partial charge in [0.1, 0.15) is 0 Å². The van der Waals surface area contributed by atoms with Crippen LogP contribution in [0.2, 0.25) is 5.02 Å². The predicted octanol–water partition coefficient (Wildman–Crippen LogP) is 5.70. The highest BCUT2D eigenvalue weighted by atomic mass is 35.5. The minimum atomic E-state index is -4.91. The van der Waals surface area contributed by atoms with Crippen LogP contribution >= 0.6 is 23.4 Å². The molecule has 1 aromatic heterocycles. The van der Waals surface area contributed by atoms with Gasteiger partial charge in [0, 0.05) is 11.1 Å². The van der Waals surface area contributed by atoms with E-state index in [1.165, 1.54) is 28.8 Å². The zero-order chi connectivity index (χ0) is 20.3. The Morgan fingerprint density at radius 3 is 2.57 bits per heavy atom. The summed E-state index contributed by atoms with van der Waals surface area (Å²) in [6, 6.07) is 10.8. The number of rotatable bonds is 5. The van der Waals surface area contributed by atoms with Gasteiger partial charge in [-0.05, 0) is 24.3 Å². The predicted molar refractivity (Wildman–Crippen MR) is 98.9 cm³/mol. The van der Waals surface area contributed by atoms with Gasteiger partial charge in [-0.3, -0.25) is 9.48 Å². The first-order valence-corrected chi connectivity index (χ1v) is 9.19. The van der Waals surface area contributed by atoms with Gasteiger partial charge in [0.15, 0.2) is 5.82 Å². The third-order valence-corrected chi connectivity index (χ3v) is 4.92. The van der Waals surface area contributed by atoms with Crippen LogP contribution in [0.5, 0.6) is 0 Å². The number of aromatic nitrogens is 2. The van der Waals surface area contributed by atoms with Gasteiger partial charge in [-0.1, -0.05) is 29.8 Å². The van der Waals surface area contributed by atoms with Crippen molar-refractivity contribution in [3.63, 3.8) is 0 Å². The quantitative estimate of drug-likeness (QED) is 0.418. The molecular formula is C18H12ClF4N3OS. The van der Waals surface area contributed by atoms with Crippen LogP contribution < -0.4 is 5.32 Å². The molecule has 0 spiro atoms. The van der Waals surface area contributed by atoms with E-state index in [9.17, 15) is 22.4 Å². The molecule has 2 aromatic carbocycles. The highest BCUT2D eigenvalue weighted by molar-refractivity contribution is 7.98. The third-order valence-electron chi connectivity index (χ3n) is 3.63. The molecule has 0 atom stereocenters. The first-order chi connectivity index (χ1) is 13.3. The Hall–Kier alpha value is -2.52.